The first kappa shape index (κ1) is 15.1. The first-order valence-electron chi connectivity index (χ1n) is 5.43. The van der Waals surface area contributed by atoms with Crippen LogP contribution in [-0.4, -0.2) is 9.97 Å². The van der Waals surface area contributed by atoms with Gasteiger partial charge in [0.15, 0.2) is 0 Å². The molecule has 2 aromatic rings. The topological polar surface area (TPSA) is 102 Å². The van der Waals surface area contributed by atoms with E-state index in [1.54, 1.807) is 6.07 Å². The normalized spacial score (nSPS) is 11.2. The first-order chi connectivity index (χ1) is 9.72. The minimum absolute atomic E-state index is 0.0469. The molecule has 1 aromatic carbocycles. The van der Waals surface area contributed by atoms with Gasteiger partial charge >= 0.3 is 6.18 Å². The molecule has 9 heteroatoms. The largest absolute Gasteiger partial charge is 0.416 e. The molecule has 1 heterocycles. The number of nitrogen functional groups attached to an aromatic ring is 2. The molecule has 5 nitrogen and oxygen atoms in total. The number of aromatic nitrogens is 2. The Hall–Kier alpha value is -2.34. The monoisotopic (exact) mass is 357 g/mol. The Balaban J connectivity index is 2.74. The molecule has 0 bridgehead atoms. The van der Waals surface area contributed by atoms with Gasteiger partial charge in [0.1, 0.15) is 17.5 Å². The van der Waals surface area contributed by atoms with Crippen LogP contribution >= 0.6 is 15.9 Å². The zero-order chi connectivity index (χ0) is 15.8. The highest BCUT2D eigenvalue weighted by atomic mass is 79.9. The van der Waals surface area contributed by atoms with E-state index in [1.165, 1.54) is 6.07 Å². The Kier molecular flexibility index (Phi) is 3.74. The van der Waals surface area contributed by atoms with Crippen LogP contribution in [0.1, 0.15) is 11.1 Å². The molecule has 0 fully saturated rings. The molecule has 0 amide bonds. The van der Waals surface area contributed by atoms with Crippen molar-refractivity contribution in [3.8, 4) is 17.3 Å². The molecule has 0 aliphatic carbocycles. The third-order valence-electron chi connectivity index (χ3n) is 2.56. The summed E-state index contributed by atoms with van der Waals surface area (Å²) in [6.07, 6.45) is -4.53. The maximum Gasteiger partial charge on any atom is 0.416 e. The van der Waals surface area contributed by atoms with Crippen LogP contribution in [0, 0.1) is 11.3 Å². The van der Waals surface area contributed by atoms with Crippen LogP contribution in [0.2, 0.25) is 0 Å². The second kappa shape index (κ2) is 5.21. The summed E-state index contributed by atoms with van der Waals surface area (Å²) in [6.45, 7) is 0. The van der Waals surface area contributed by atoms with Crippen LogP contribution in [0.25, 0.3) is 11.3 Å². The maximum atomic E-state index is 12.8. The van der Waals surface area contributed by atoms with Gasteiger partial charge in [-0.3, -0.25) is 0 Å². The third-order valence-corrected chi connectivity index (χ3v) is 3.02. The molecule has 0 aliphatic heterocycles. The van der Waals surface area contributed by atoms with Crippen LogP contribution in [0.15, 0.2) is 22.7 Å². The minimum Gasteiger partial charge on any atom is -0.382 e. The van der Waals surface area contributed by atoms with E-state index in [1.807, 2.05) is 0 Å². The number of benzene rings is 1. The van der Waals surface area contributed by atoms with Gasteiger partial charge in [0.25, 0.3) is 0 Å². The summed E-state index contributed by atoms with van der Waals surface area (Å²) in [6, 6.07) is 4.94. The molecule has 0 atom stereocenters. The van der Waals surface area contributed by atoms with E-state index in [0.29, 0.717) is 0 Å². The second-order valence-corrected chi connectivity index (χ2v) is 4.94. The lowest BCUT2D eigenvalue weighted by Crippen LogP contribution is -2.07. The van der Waals surface area contributed by atoms with Crippen LogP contribution in [0.4, 0.5) is 24.9 Å². The second-order valence-electron chi connectivity index (χ2n) is 4.03. The molecule has 0 saturated carbocycles. The summed E-state index contributed by atoms with van der Waals surface area (Å²) in [5.74, 6) is -0.413. The molecule has 2 rings (SSSR count). The molecular weight excluding hydrogens is 351 g/mol. The van der Waals surface area contributed by atoms with Gasteiger partial charge in [-0.15, -0.1) is 0 Å². The number of rotatable bonds is 1. The average Bonchev–Trinajstić information content (AvgIpc) is 2.36. The Labute approximate surface area is 125 Å². The fourth-order valence-corrected chi connectivity index (χ4v) is 2.20. The average molecular weight is 358 g/mol. The van der Waals surface area contributed by atoms with Crippen molar-refractivity contribution in [3.05, 3.63) is 33.8 Å². The summed E-state index contributed by atoms with van der Waals surface area (Å²) in [5.41, 5.74) is 9.99. The number of alkyl halides is 3. The van der Waals surface area contributed by atoms with Gasteiger partial charge in [-0.05, 0) is 18.2 Å². The molecule has 0 aliphatic rings. The van der Waals surface area contributed by atoms with Crippen molar-refractivity contribution in [1.29, 1.82) is 5.26 Å². The highest BCUT2D eigenvalue weighted by Crippen LogP contribution is 2.35. The Morgan fingerprint density at radius 3 is 2.38 bits per heavy atom. The Bertz CT molecular complexity index is 752. The van der Waals surface area contributed by atoms with Gasteiger partial charge in [-0.2, -0.15) is 23.4 Å². The third kappa shape index (κ3) is 3.05. The number of nitrogens with two attached hydrogens (primary N) is 2. The quantitative estimate of drug-likeness (QED) is 0.816. The molecule has 4 N–H and O–H groups in total. The van der Waals surface area contributed by atoms with Gasteiger partial charge < -0.3 is 11.5 Å². The predicted octanol–water partition coefficient (Wildman–Crippen LogP) is 2.96. The minimum atomic E-state index is -4.53. The number of nitrogens with zero attached hydrogens (tertiary/aromatic N) is 3. The Morgan fingerprint density at radius 1 is 1.14 bits per heavy atom. The van der Waals surface area contributed by atoms with E-state index in [9.17, 15) is 13.2 Å². The van der Waals surface area contributed by atoms with E-state index in [0.717, 1.165) is 12.1 Å². The zero-order valence-corrected chi connectivity index (χ0v) is 11.8. The first-order valence-corrected chi connectivity index (χ1v) is 6.23. The standard InChI is InChI=1S/C12H7BrF3N5/c13-7-2-5(1-6(3-7)12(14,15)16)9-8(4-17)10(18)21-11(19)20-9/h1-3H,(H4,18,19,20,21). The van der Waals surface area contributed by atoms with Crippen LogP contribution < -0.4 is 11.5 Å². The molecule has 108 valence electrons. The summed E-state index contributed by atoms with van der Waals surface area (Å²) < 4.78 is 38.7. The van der Waals surface area contributed by atoms with Gasteiger partial charge in [0.05, 0.1) is 11.3 Å². The molecule has 0 unspecified atom stereocenters. The Morgan fingerprint density at radius 2 is 1.81 bits per heavy atom. The number of anilines is 2. The molecule has 0 spiro atoms. The SMILES string of the molecule is N#Cc1c(N)nc(N)nc1-c1cc(Br)cc(C(F)(F)F)c1. The van der Waals surface area contributed by atoms with Gasteiger partial charge in [-0.1, -0.05) is 15.9 Å². The van der Waals surface area contributed by atoms with Crippen molar-refractivity contribution in [2.24, 2.45) is 0 Å². The number of hydrogen-bond acceptors (Lipinski definition) is 5. The van der Waals surface area contributed by atoms with Crippen LogP contribution in [-0.2, 0) is 6.18 Å². The van der Waals surface area contributed by atoms with Crippen LogP contribution in [0.3, 0.4) is 0 Å². The zero-order valence-electron chi connectivity index (χ0n) is 10.2. The lowest BCUT2D eigenvalue weighted by Gasteiger charge is -2.11. The van der Waals surface area contributed by atoms with Crippen LogP contribution in [0.5, 0.6) is 0 Å². The van der Waals surface area contributed by atoms with E-state index in [-0.39, 0.29) is 33.1 Å². The molecule has 0 radical (unpaired) electrons. The molecule has 1 aromatic heterocycles. The van der Waals surface area contributed by atoms with Crippen molar-refractivity contribution < 1.29 is 13.2 Å². The van der Waals surface area contributed by atoms with E-state index in [2.05, 4.69) is 25.9 Å². The van der Waals surface area contributed by atoms with Crippen molar-refractivity contribution in [1.82, 2.24) is 9.97 Å². The number of halogens is 4. The lowest BCUT2D eigenvalue weighted by molar-refractivity contribution is -0.137. The molecular formula is C12H7BrF3N5. The highest BCUT2D eigenvalue weighted by Gasteiger charge is 2.31. The van der Waals surface area contributed by atoms with E-state index >= 15 is 0 Å². The molecule has 0 saturated heterocycles. The number of hydrogen-bond donors (Lipinski definition) is 2. The molecule has 21 heavy (non-hydrogen) atoms. The van der Waals surface area contributed by atoms with Crippen molar-refractivity contribution in [3.63, 3.8) is 0 Å². The van der Waals surface area contributed by atoms with E-state index in [4.69, 9.17) is 16.7 Å². The van der Waals surface area contributed by atoms with Gasteiger partial charge in [-0.25, -0.2) is 4.98 Å². The highest BCUT2D eigenvalue weighted by molar-refractivity contribution is 9.10. The van der Waals surface area contributed by atoms with Crippen molar-refractivity contribution in [2.45, 2.75) is 6.18 Å². The van der Waals surface area contributed by atoms with Crippen molar-refractivity contribution in [2.75, 3.05) is 11.5 Å². The number of nitriles is 1. The lowest BCUT2D eigenvalue weighted by atomic mass is 10.0. The summed E-state index contributed by atoms with van der Waals surface area (Å²) in [4.78, 5) is 7.43. The summed E-state index contributed by atoms with van der Waals surface area (Å²) in [5, 5.41) is 9.07. The predicted molar refractivity (Wildman–Crippen MR) is 73.7 cm³/mol. The fraction of sp³-hybridized carbons (Fsp3) is 0.0833. The summed E-state index contributed by atoms with van der Waals surface area (Å²) in [7, 11) is 0. The van der Waals surface area contributed by atoms with Crippen molar-refractivity contribution >= 4 is 27.7 Å². The van der Waals surface area contributed by atoms with E-state index < -0.39 is 11.7 Å². The van der Waals surface area contributed by atoms with Gasteiger partial charge in [0.2, 0.25) is 5.95 Å². The fourth-order valence-electron chi connectivity index (χ4n) is 1.71. The maximum absolute atomic E-state index is 12.8. The summed E-state index contributed by atoms with van der Waals surface area (Å²) >= 11 is 3.00. The smallest absolute Gasteiger partial charge is 0.382 e. The van der Waals surface area contributed by atoms with Gasteiger partial charge in [0, 0.05) is 10.0 Å².